The van der Waals surface area contributed by atoms with Crippen LogP contribution in [-0.2, 0) is 17.6 Å². The van der Waals surface area contributed by atoms with E-state index in [0.29, 0.717) is 12.0 Å². The summed E-state index contributed by atoms with van der Waals surface area (Å²) in [5.41, 5.74) is 2.71. The summed E-state index contributed by atoms with van der Waals surface area (Å²) >= 11 is 0. The number of H-pyrrole nitrogens is 1. The topological polar surface area (TPSA) is 37.9 Å². The van der Waals surface area contributed by atoms with Crippen LogP contribution in [0.15, 0.2) is 0 Å². The molecule has 0 aromatic carbocycles. The van der Waals surface area contributed by atoms with Gasteiger partial charge >= 0.3 is 0 Å². The molecule has 1 aliphatic heterocycles. The highest BCUT2D eigenvalue weighted by molar-refractivity contribution is 5.21. The first-order valence-electron chi connectivity index (χ1n) is 6.97. The van der Waals surface area contributed by atoms with Gasteiger partial charge in [0.1, 0.15) is 5.82 Å². The van der Waals surface area contributed by atoms with Gasteiger partial charge in [-0.3, -0.25) is 0 Å². The second-order valence-corrected chi connectivity index (χ2v) is 5.61. The molecule has 1 N–H and O–H groups in total. The molecule has 2 heterocycles. The van der Waals surface area contributed by atoms with Crippen LogP contribution in [0.2, 0.25) is 0 Å². The average molecular weight is 234 g/mol. The zero-order valence-electron chi connectivity index (χ0n) is 10.8. The quantitative estimate of drug-likeness (QED) is 0.854. The Kier molecular flexibility index (Phi) is 2.95. The summed E-state index contributed by atoms with van der Waals surface area (Å²) in [5, 5.41) is 0. The number of imidazole rings is 1. The van der Waals surface area contributed by atoms with E-state index in [9.17, 15) is 0 Å². The summed E-state index contributed by atoms with van der Waals surface area (Å²) < 4.78 is 5.76. The fraction of sp³-hybridized carbons (Fsp3) is 0.786. The number of nitrogens with one attached hydrogen (secondary N) is 1. The lowest BCUT2D eigenvalue weighted by atomic mass is 9.92. The highest BCUT2D eigenvalue weighted by Crippen LogP contribution is 2.33. The maximum absolute atomic E-state index is 5.76. The maximum Gasteiger partial charge on any atom is 0.112 e. The van der Waals surface area contributed by atoms with Crippen LogP contribution >= 0.6 is 0 Å². The van der Waals surface area contributed by atoms with Gasteiger partial charge in [-0.2, -0.15) is 0 Å². The van der Waals surface area contributed by atoms with E-state index in [1.807, 2.05) is 0 Å². The molecule has 0 bridgehead atoms. The van der Waals surface area contributed by atoms with Crippen molar-refractivity contribution in [2.45, 2.75) is 58.0 Å². The average Bonchev–Trinajstić information content (AvgIpc) is 2.93. The van der Waals surface area contributed by atoms with Crippen LogP contribution in [0, 0.1) is 5.92 Å². The number of nitrogens with zero attached hydrogens (tertiary/aromatic N) is 1. The highest BCUT2D eigenvalue weighted by Gasteiger charge is 2.32. The number of ether oxygens (including phenoxy) is 1. The lowest BCUT2D eigenvalue weighted by Crippen LogP contribution is -2.14. The second-order valence-electron chi connectivity index (χ2n) is 5.61. The molecular weight excluding hydrogens is 212 g/mol. The molecule has 3 atom stereocenters. The van der Waals surface area contributed by atoms with Crippen molar-refractivity contribution in [1.29, 1.82) is 0 Å². The molecule has 0 amide bonds. The van der Waals surface area contributed by atoms with Crippen molar-refractivity contribution in [1.82, 2.24) is 9.97 Å². The molecule has 3 heteroatoms. The first-order valence-corrected chi connectivity index (χ1v) is 6.97. The van der Waals surface area contributed by atoms with E-state index in [4.69, 9.17) is 9.72 Å². The van der Waals surface area contributed by atoms with Gasteiger partial charge in [-0.25, -0.2) is 4.98 Å². The molecule has 0 radical (unpaired) electrons. The van der Waals surface area contributed by atoms with Crippen LogP contribution in [0.4, 0.5) is 0 Å². The Morgan fingerprint density at radius 1 is 1.41 bits per heavy atom. The van der Waals surface area contributed by atoms with E-state index >= 15 is 0 Å². The molecule has 0 saturated carbocycles. The summed E-state index contributed by atoms with van der Waals surface area (Å²) in [6.45, 7) is 5.43. The third kappa shape index (κ3) is 2.01. The van der Waals surface area contributed by atoms with Gasteiger partial charge in [-0.1, -0.05) is 13.8 Å². The Bertz CT molecular complexity index is 399. The number of aromatic amines is 1. The standard InChI is InChI=1S/C14H22N2O/c1-3-13-10(6-7-17-13)14-15-11-5-4-9(2)8-12(11)16-14/h9-10,13H,3-8H2,1-2H3,(H,15,16). The van der Waals surface area contributed by atoms with Crippen molar-refractivity contribution < 1.29 is 4.74 Å². The molecule has 3 rings (SSSR count). The third-order valence-corrected chi connectivity index (χ3v) is 4.27. The summed E-state index contributed by atoms with van der Waals surface area (Å²) in [5.74, 6) is 2.49. The van der Waals surface area contributed by atoms with Crippen LogP contribution in [0.5, 0.6) is 0 Å². The van der Waals surface area contributed by atoms with Gasteiger partial charge in [-0.05, 0) is 38.0 Å². The number of hydrogen-bond acceptors (Lipinski definition) is 2. The maximum atomic E-state index is 5.76. The van der Waals surface area contributed by atoms with Gasteiger partial charge in [0.05, 0.1) is 11.8 Å². The molecule has 1 aromatic rings. The van der Waals surface area contributed by atoms with Gasteiger partial charge in [0.25, 0.3) is 0 Å². The summed E-state index contributed by atoms with van der Waals surface area (Å²) in [6.07, 6.45) is 6.20. The number of hydrogen-bond donors (Lipinski definition) is 1. The van der Waals surface area contributed by atoms with Crippen molar-refractivity contribution in [2.24, 2.45) is 5.92 Å². The molecule has 3 unspecified atom stereocenters. The minimum absolute atomic E-state index is 0.375. The van der Waals surface area contributed by atoms with Crippen molar-refractivity contribution in [3.8, 4) is 0 Å². The first-order chi connectivity index (χ1) is 8.28. The summed E-state index contributed by atoms with van der Waals surface area (Å²) in [7, 11) is 0. The zero-order chi connectivity index (χ0) is 11.8. The van der Waals surface area contributed by atoms with Crippen LogP contribution in [0.3, 0.4) is 0 Å². The molecule has 1 fully saturated rings. The van der Waals surface area contributed by atoms with Crippen molar-refractivity contribution >= 4 is 0 Å². The van der Waals surface area contributed by atoms with E-state index in [0.717, 1.165) is 31.8 Å². The molecule has 1 aliphatic carbocycles. The first kappa shape index (κ1) is 11.3. The lowest BCUT2D eigenvalue weighted by Gasteiger charge is -2.16. The second kappa shape index (κ2) is 4.45. The summed E-state index contributed by atoms with van der Waals surface area (Å²) in [6, 6.07) is 0. The molecule has 94 valence electrons. The zero-order valence-corrected chi connectivity index (χ0v) is 10.8. The van der Waals surface area contributed by atoms with E-state index in [2.05, 4.69) is 18.8 Å². The minimum atomic E-state index is 0.375. The molecule has 0 spiro atoms. The smallest absolute Gasteiger partial charge is 0.112 e. The molecule has 1 saturated heterocycles. The minimum Gasteiger partial charge on any atom is -0.377 e. The predicted molar refractivity (Wildman–Crippen MR) is 67.2 cm³/mol. The molecule has 17 heavy (non-hydrogen) atoms. The van der Waals surface area contributed by atoms with Crippen LogP contribution in [0.25, 0.3) is 0 Å². The molecule has 3 nitrogen and oxygen atoms in total. The van der Waals surface area contributed by atoms with E-state index in [1.165, 1.54) is 30.1 Å². The van der Waals surface area contributed by atoms with Crippen molar-refractivity contribution in [3.05, 3.63) is 17.2 Å². The monoisotopic (exact) mass is 234 g/mol. The highest BCUT2D eigenvalue weighted by atomic mass is 16.5. The van der Waals surface area contributed by atoms with Crippen molar-refractivity contribution in [2.75, 3.05) is 6.61 Å². The van der Waals surface area contributed by atoms with Gasteiger partial charge in [0, 0.05) is 18.2 Å². The molecular formula is C14H22N2O. The van der Waals surface area contributed by atoms with Gasteiger partial charge in [-0.15, -0.1) is 0 Å². The SMILES string of the molecule is CCC1OCCC1c1nc2c([nH]1)CC(C)CC2. The summed E-state index contributed by atoms with van der Waals surface area (Å²) in [4.78, 5) is 8.41. The lowest BCUT2D eigenvalue weighted by molar-refractivity contribution is 0.0995. The Labute approximate surface area is 103 Å². The third-order valence-electron chi connectivity index (χ3n) is 4.27. The largest absolute Gasteiger partial charge is 0.377 e. The number of rotatable bonds is 2. The Morgan fingerprint density at radius 2 is 2.29 bits per heavy atom. The van der Waals surface area contributed by atoms with E-state index < -0.39 is 0 Å². The fourth-order valence-electron chi connectivity index (χ4n) is 3.22. The predicted octanol–water partition coefficient (Wildman–Crippen LogP) is 2.82. The van der Waals surface area contributed by atoms with E-state index in [1.54, 1.807) is 0 Å². The number of aromatic nitrogens is 2. The van der Waals surface area contributed by atoms with Gasteiger partial charge < -0.3 is 9.72 Å². The van der Waals surface area contributed by atoms with E-state index in [-0.39, 0.29) is 0 Å². The fourth-order valence-corrected chi connectivity index (χ4v) is 3.22. The molecule has 1 aromatic heterocycles. The van der Waals surface area contributed by atoms with Gasteiger partial charge in [0.15, 0.2) is 0 Å². The van der Waals surface area contributed by atoms with Crippen LogP contribution in [0.1, 0.15) is 56.2 Å². The van der Waals surface area contributed by atoms with Gasteiger partial charge in [0.2, 0.25) is 0 Å². The Hall–Kier alpha value is -0.830. The Balaban J connectivity index is 1.84. The van der Waals surface area contributed by atoms with Crippen LogP contribution < -0.4 is 0 Å². The van der Waals surface area contributed by atoms with Crippen LogP contribution in [-0.4, -0.2) is 22.7 Å². The molecule has 2 aliphatic rings. The van der Waals surface area contributed by atoms with Crippen molar-refractivity contribution in [3.63, 3.8) is 0 Å². The Morgan fingerprint density at radius 3 is 3.12 bits per heavy atom. The number of aryl methyl sites for hydroxylation is 1. The normalized spacial score (nSPS) is 32.7. The number of fused-ring (bicyclic) bond motifs is 1.